The van der Waals surface area contributed by atoms with E-state index in [2.05, 4.69) is 39.7 Å². The van der Waals surface area contributed by atoms with Gasteiger partial charge in [0.25, 0.3) is 0 Å². The molecule has 0 bridgehead atoms. The molecular formula is C22H29N4O3+. The second-order valence-electron chi connectivity index (χ2n) is 6.99. The van der Waals surface area contributed by atoms with Crippen LogP contribution >= 0.6 is 0 Å². The minimum absolute atomic E-state index is 0.0214. The monoisotopic (exact) mass is 397 g/mol. The van der Waals surface area contributed by atoms with E-state index in [1.54, 1.807) is 18.2 Å². The number of ether oxygens (including phenoxy) is 1. The second kappa shape index (κ2) is 10.5. The number of piperazine rings is 1. The Morgan fingerprint density at radius 1 is 1.21 bits per heavy atom. The number of nitrogens with zero attached hydrogens (tertiary/aromatic N) is 2. The van der Waals surface area contributed by atoms with Gasteiger partial charge in [-0.2, -0.15) is 5.10 Å². The third-order valence-corrected chi connectivity index (χ3v) is 5.02. The summed E-state index contributed by atoms with van der Waals surface area (Å²) in [7, 11) is 0. The predicted octanol–water partition coefficient (Wildman–Crippen LogP) is 1.04. The summed E-state index contributed by atoms with van der Waals surface area (Å²) < 4.78 is 5.34. The summed E-state index contributed by atoms with van der Waals surface area (Å²) in [6.45, 7) is 7.13. The number of benzene rings is 2. The lowest BCUT2D eigenvalue weighted by atomic mass is 10.2. The lowest BCUT2D eigenvalue weighted by molar-refractivity contribution is -0.900. The minimum atomic E-state index is -0.125. The standard InChI is InChI=1S/C22H28N4O3/c1-2-29-20-10-6-7-18(22(20)28)17-23-24-21(27)11-12-25-13-15-26(16-14-25)19-8-4-3-5-9-19/h3-10,17,28H,2,11-16H2,1H3,(H,24,27)/p+1/b23-17+. The first kappa shape index (κ1) is 20.7. The van der Waals surface area contributed by atoms with Crippen molar-refractivity contribution in [3.05, 3.63) is 54.1 Å². The van der Waals surface area contributed by atoms with Crippen molar-refractivity contribution in [2.75, 3.05) is 44.2 Å². The van der Waals surface area contributed by atoms with Crippen molar-refractivity contribution in [1.82, 2.24) is 5.43 Å². The van der Waals surface area contributed by atoms with Gasteiger partial charge in [-0.3, -0.25) is 4.79 Å². The summed E-state index contributed by atoms with van der Waals surface area (Å²) in [6, 6.07) is 15.6. The number of hydrogen-bond acceptors (Lipinski definition) is 5. The van der Waals surface area contributed by atoms with E-state index in [0.717, 1.165) is 32.7 Å². The average molecular weight is 397 g/mol. The number of hydrogen-bond donors (Lipinski definition) is 3. The molecule has 0 unspecified atom stereocenters. The molecule has 1 heterocycles. The number of hydrazone groups is 1. The first-order valence-corrected chi connectivity index (χ1v) is 10.1. The third kappa shape index (κ3) is 5.96. The molecule has 1 aliphatic heterocycles. The molecule has 1 amide bonds. The van der Waals surface area contributed by atoms with Crippen LogP contribution in [0.2, 0.25) is 0 Å². The number of amides is 1. The van der Waals surface area contributed by atoms with Gasteiger partial charge in [-0.1, -0.05) is 24.3 Å². The number of phenolic OH excluding ortho intramolecular Hbond substituents is 1. The maximum atomic E-state index is 12.1. The zero-order valence-corrected chi connectivity index (χ0v) is 16.8. The van der Waals surface area contributed by atoms with Gasteiger partial charge < -0.3 is 19.6 Å². The lowest BCUT2D eigenvalue weighted by Gasteiger charge is -2.33. The summed E-state index contributed by atoms with van der Waals surface area (Å²) in [5, 5.41) is 14.1. The van der Waals surface area contributed by atoms with E-state index in [9.17, 15) is 9.90 Å². The van der Waals surface area contributed by atoms with Crippen LogP contribution in [0.25, 0.3) is 0 Å². The van der Waals surface area contributed by atoms with Crippen LogP contribution in [0, 0.1) is 0 Å². The SMILES string of the molecule is CCOc1cccc(/C=N/NC(=O)CC[NH+]2CCN(c3ccccc3)CC2)c1O. The fourth-order valence-corrected chi connectivity index (χ4v) is 3.41. The second-order valence-corrected chi connectivity index (χ2v) is 6.99. The molecule has 7 nitrogen and oxygen atoms in total. The van der Waals surface area contributed by atoms with E-state index in [1.807, 2.05) is 13.0 Å². The zero-order valence-electron chi connectivity index (χ0n) is 16.8. The Morgan fingerprint density at radius 2 is 1.97 bits per heavy atom. The van der Waals surface area contributed by atoms with E-state index in [0.29, 0.717) is 24.3 Å². The number of rotatable bonds is 8. The number of quaternary nitrogens is 1. The summed E-state index contributed by atoms with van der Waals surface area (Å²) in [4.78, 5) is 15.9. The van der Waals surface area contributed by atoms with Crippen molar-refractivity contribution < 1.29 is 19.5 Å². The Morgan fingerprint density at radius 3 is 2.69 bits per heavy atom. The molecule has 1 aliphatic rings. The molecule has 0 radical (unpaired) electrons. The summed E-state index contributed by atoms with van der Waals surface area (Å²) in [6.07, 6.45) is 1.85. The smallest absolute Gasteiger partial charge is 0.245 e. The average Bonchev–Trinajstić information content (AvgIpc) is 2.76. The van der Waals surface area contributed by atoms with Gasteiger partial charge in [0.1, 0.15) is 0 Å². The Hall–Kier alpha value is -3.06. The van der Waals surface area contributed by atoms with Gasteiger partial charge in [0.2, 0.25) is 5.91 Å². The summed E-state index contributed by atoms with van der Waals surface area (Å²) >= 11 is 0. The molecule has 1 fully saturated rings. The highest BCUT2D eigenvalue weighted by molar-refractivity contribution is 5.86. The molecule has 1 saturated heterocycles. The summed E-state index contributed by atoms with van der Waals surface area (Å²) in [5.74, 6) is 0.300. The highest BCUT2D eigenvalue weighted by Gasteiger charge is 2.20. The number of anilines is 1. The number of carbonyl (C=O) groups is 1. The van der Waals surface area contributed by atoms with Gasteiger partial charge in [-0.05, 0) is 31.2 Å². The molecule has 2 aromatic carbocycles. The molecule has 2 aromatic rings. The van der Waals surface area contributed by atoms with Crippen molar-refractivity contribution in [2.45, 2.75) is 13.3 Å². The van der Waals surface area contributed by atoms with E-state index in [-0.39, 0.29) is 11.7 Å². The normalized spacial score (nSPS) is 14.9. The van der Waals surface area contributed by atoms with Crippen molar-refractivity contribution in [1.29, 1.82) is 0 Å². The maximum absolute atomic E-state index is 12.1. The Bertz CT molecular complexity index is 818. The fraction of sp³-hybridized carbons (Fsp3) is 0.364. The first-order valence-electron chi connectivity index (χ1n) is 10.1. The maximum Gasteiger partial charge on any atom is 0.245 e. The van der Waals surface area contributed by atoms with Crippen LogP contribution < -0.4 is 20.0 Å². The molecule has 0 aromatic heterocycles. The van der Waals surface area contributed by atoms with Gasteiger partial charge in [0.15, 0.2) is 11.5 Å². The highest BCUT2D eigenvalue weighted by atomic mass is 16.5. The van der Waals surface area contributed by atoms with E-state index in [4.69, 9.17) is 4.74 Å². The van der Waals surface area contributed by atoms with Crippen molar-refractivity contribution in [2.24, 2.45) is 5.10 Å². The molecule has 29 heavy (non-hydrogen) atoms. The molecule has 154 valence electrons. The molecule has 3 N–H and O–H groups in total. The number of phenols is 1. The Balaban J connectivity index is 1.40. The predicted molar refractivity (Wildman–Crippen MR) is 114 cm³/mol. The third-order valence-electron chi connectivity index (χ3n) is 5.02. The van der Waals surface area contributed by atoms with Gasteiger partial charge in [-0.15, -0.1) is 0 Å². The largest absolute Gasteiger partial charge is 0.504 e. The number of para-hydroxylation sites is 2. The Labute approximate surface area is 171 Å². The quantitative estimate of drug-likeness (QED) is 0.459. The molecule has 0 atom stereocenters. The van der Waals surface area contributed by atoms with Crippen molar-refractivity contribution in [3.8, 4) is 11.5 Å². The summed E-state index contributed by atoms with van der Waals surface area (Å²) in [5.41, 5.74) is 4.30. The molecular weight excluding hydrogens is 368 g/mol. The van der Waals surface area contributed by atoms with Gasteiger partial charge in [-0.25, -0.2) is 5.43 Å². The molecule has 0 aliphatic carbocycles. The van der Waals surface area contributed by atoms with Crippen LogP contribution in [0.1, 0.15) is 18.9 Å². The highest BCUT2D eigenvalue weighted by Crippen LogP contribution is 2.28. The molecule has 0 spiro atoms. The molecule has 0 saturated carbocycles. The van der Waals surface area contributed by atoms with Crippen molar-refractivity contribution >= 4 is 17.8 Å². The zero-order chi connectivity index (χ0) is 20.5. The van der Waals surface area contributed by atoms with Crippen LogP contribution in [0.5, 0.6) is 11.5 Å². The lowest BCUT2D eigenvalue weighted by Crippen LogP contribution is -3.15. The number of nitrogens with one attached hydrogen (secondary N) is 2. The fourth-order valence-electron chi connectivity index (χ4n) is 3.41. The Kier molecular flexibility index (Phi) is 7.47. The van der Waals surface area contributed by atoms with Gasteiger partial charge in [0, 0.05) is 11.3 Å². The van der Waals surface area contributed by atoms with Crippen LogP contribution in [-0.2, 0) is 4.79 Å². The molecule has 7 heteroatoms. The van der Waals surface area contributed by atoms with Gasteiger partial charge >= 0.3 is 0 Å². The molecule has 3 rings (SSSR count). The van der Waals surface area contributed by atoms with E-state index in [1.165, 1.54) is 16.8 Å². The van der Waals surface area contributed by atoms with Gasteiger partial charge in [0.05, 0.1) is 52.0 Å². The van der Waals surface area contributed by atoms with E-state index < -0.39 is 0 Å². The number of aromatic hydroxyl groups is 1. The van der Waals surface area contributed by atoms with Crippen molar-refractivity contribution in [3.63, 3.8) is 0 Å². The topological polar surface area (TPSA) is 78.6 Å². The first-order chi connectivity index (χ1) is 14.2. The minimum Gasteiger partial charge on any atom is -0.504 e. The van der Waals surface area contributed by atoms with Crippen LogP contribution in [-0.4, -0.2) is 56.6 Å². The van der Waals surface area contributed by atoms with Crippen LogP contribution in [0.3, 0.4) is 0 Å². The van der Waals surface area contributed by atoms with Crippen LogP contribution in [0.15, 0.2) is 53.6 Å². The van der Waals surface area contributed by atoms with E-state index >= 15 is 0 Å². The van der Waals surface area contributed by atoms with Crippen LogP contribution in [0.4, 0.5) is 5.69 Å². The number of carbonyl (C=O) groups excluding carboxylic acids is 1.